The second kappa shape index (κ2) is 8.89. The summed E-state index contributed by atoms with van der Waals surface area (Å²) < 4.78 is 5.34. The molecular weight excluding hydrogens is 340 g/mol. The predicted molar refractivity (Wildman–Crippen MR) is 104 cm³/mol. The maximum atomic E-state index is 13.2. The summed E-state index contributed by atoms with van der Waals surface area (Å²) in [6, 6.07) is 14.1. The van der Waals surface area contributed by atoms with E-state index in [1.165, 1.54) is 5.56 Å². The summed E-state index contributed by atoms with van der Waals surface area (Å²) in [5.41, 5.74) is 1.23. The van der Waals surface area contributed by atoms with Gasteiger partial charge in [0.2, 0.25) is 11.8 Å². The van der Waals surface area contributed by atoms with Crippen LogP contribution < -0.4 is 0 Å². The lowest BCUT2D eigenvalue weighted by atomic mass is 9.99. The fourth-order valence-corrected chi connectivity index (χ4v) is 3.87. The molecule has 1 aliphatic rings. The molecule has 2 atom stereocenters. The Balaban J connectivity index is 1.65. The van der Waals surface area contributed by atoms with E-state index in [-0.39, 0.29) is 30.2 Å². The van der Waals surface area contributed by atoms with E-state index in [0.29, 0.717) is 19.6 Å². The summed E-state index contributed by atoms with van der Waals surface area (Å²) in [7, 11) is 0. The fourth-order valence-electron chi connectivity index (χ4n) is 3.87. The first kappa shape index (κ1) is 19.2. The lowest BCUT2D eigenvalue weighted by molar-refractivity contribution is -0.138. The monoisotopic (exact) mass is 368 g/mol. The third kappa shape index (κ3) is 4.59. The molecule has 2 heterocycles. The Morgan fingerprint density at radius 3 is 2.63 bits per heavy atom. The van der Waals surface area contributed by atoms with Gasteiger partial charge in [0, 0.05) is 25.6 Å². The maximum absolute atomic E-state index is 13.2. The number of amides is 2. The minimum absolute atomic E-state index is 0.0249. The second-order valence-corrected chi connectivity index (χ2v) is 7.13. The van der Waals surface area contributed by atoms with Gasteiger partial charge in [0.15, 0.2) is 0 Å². The molecule has 5 nitrogen and oxygen atoms in total. The van der Waals surface area contributed by atoms with Crippen LogP contribution in [0.1, 0.15) is 38.0 Å². The van der Waals surface area contributed by atoms with Crippen LogP contribution in [0.4, 0.5) is 0 Å². The number of benzene rings is 1. The average Bonchev–Trinajstić information content (AvgIpc) is 3.32. The van der Waals surface area contributed by atoms with Crippen LogP contribution in [0.25, 0.3) is 0 Å². The predicted octanol–water partition coefficient (Wildman–Crippen LogP) is 3.50. The van der Waals surface area contributed by atoms with Crippen molar-refractivity contribution in [3.8, 4) is 0 Å². The molecule has 2 aromatic rings. The van der Waals surface area contributed by atoms with Crippen molar-refractivity contribution in [3.05, 3.63) is 60.1 Å². The Labute approximate surface area is 160 Å². The van der Waals surface area contributed by atoms with Crippen molar-refractivity contribution in [1.82, 2.24) is 9.80 Å². The molecule has 1 saturated heterocycles. The zero-order valence-electron chi connectivity index (χ0n) is 16.1. The lowest BCUT2D eigenvalue weighted by Crippen LogP contribution is -2.45. The van der Waals surface area contributed by atoms with E-state index < -0.39 is 0 Å². The second-order valence-electron chi connectivity index (χ2n) is 7.13. The summed E-state index contributed by atoms with van der Waals surface area (Å²) in [5.74, 6) is 0.601. The Kier molecular flexibility index (Phi) is 6.32. The largest absolute Gasteiger partial charge is 0.467 e. The van der Waals surface area contributed by atoms with Crippen molar-refractivity contribution < 1.29 is 14.0 Å². The number of likely N-dealkylation sites (N-methyl/N-ethyl adjacent to an activating group) is 1. The molecular formula is C22H28N2O3. The first-order chi connectivity index (χ1) is 13.1. The molecule has 1 aliphatic heterocycles. The van der Waals surface area contributed by atoms with Gasteiger partial charge in [0.05, 0.1) is 18.7 Å². The molecule has 5 heteroatoms. The van der Waals surface area contributed by atoms with Gasteiger partial charge in [0.25, 0.3) is 0 Å². The zero-order chi connectivity index (χ0) is 19.2. The van der Waals surface area contributed by atoms with E-state index >= 15 is 0 Å². The summed E-state index contributed by atoms with van der Waals surface area (Å²) in [6.07, 6.45) is 3.63. The number of nitrogens with zero attached hydrogens (tertiary/aromatic N) is 2. The molecule has 1 fully saturated rings. The van der Waals surface area contributed by atoms with E-state index in [2.05, 4.69) is 19.1 Å². The van der Waals surface area contributed by atoms with Crippen LogP contribution in [0.3, 0.4) is 0 Å². The number of carbonyl (C=O) groups excluding carboxylic acids is 2. The number of furan rings is 1. The van der Waals surface area contributed by atoms with Gasteiger partial charge >= 0.3 is 0 Å². The molecule has 0 radical (unpaired) electrons. The van der Waals surface area contributed by atoms with Gasteiger partial charge in [-0.15, -0.1) is 0 Å². The van der Waals surface area contributed by atoms with E-state index in [0.717, 1.165) is 18.6 Å². The number of hydrogen-bond acceptors (Lipinski definition) is 3. The van der Waals surface area contributed by atoms with Crippen molar-refractivity contribution in [1.29, 1.82) is 0 Å². The third-order valence-electron chi connectivity index (χ3n) is 5.34. The molecule has 0 saturated carbocycles. The number of carbonyl (C=O) groups is 2. The van der Waals surface area contributed by atoms with Crippen molar-refractivity contribution in [2.75, 3.05) is 13.1 Å². The van der Waals surface area contributed by atoms with Gasteiger partial charge in [-0.2, -0.15) is 0 Å². The zero-order valence-corrected chi connectivity index (χ0v) is 16.1. The molecule has 27 heavy (non-hydrogen) atoms. The number of rotatable bonds is 8. The van der Waals surface area contributed by atoms with Crippen LogP contribution in [-0.4, -0.2) is 40.7 Å². The molecule has 1 aromatic heterocycles. The van der Waals surface area contributed by atoms with Gasteiger partial charge in [0.1, 0.15) is 5.76 Å². The normalized spacial score (nSPS) is 17.9. The van der Waals surface area contributed by atoms with Gasteiger partial charge in [-0.05, 0) is 37.5 Å². The topological polar surface area (TPSA) is 53.8 Å². The third-order valence-corrected chi connectivity index (χ3v) is 5.34. The summed E-state index contributed by atoms with van der Waals surface area (Å²) in [5, 5.41) is 0. The molecule has 0 spiro atoms. The van der Waals surface area contributed by atoms with Crippen LogP contribution >= 0.6 is 0 Å². The maximum Gasteiger partial charge on any atom is 0.228 e. The minimum Gasteiger partial charge on any atom is -0.467 e. The van der Waals surface area contributed by atoms with Crippen molar-refractivity contribution in [2.24, 2.45) is 5.92 Å². The highest BCUT2D eigenvalue weighted by Crippen LogP contribution is 2.24. The van der Waals surface area contributed by atoms with Crippen LogP contribution in [0.15, 0.2) is 53.1 Å². The van der Waals surface area contributed by atoms with Gasteiger partial charge in [-0.3, -0.25) is 9.59 Å². The van der Waals surface area contributed by atoms with E-state index in [9.17, 15) is 9.59 Å². The van der Waals surface area contributed by atoms with Gasteiger partial charge < -0.3 is 14.2 Å². The van der Waals surface area contributed by atoms with Gasteiger partial charge in [-0.25, -0.2) is 0 Å². The van der Waals surface area contributed by atoms with Crippen molar-refractivity contribution >= 4 is 11.8 Å². The highest BCUT2D eigenvalue weighted by molar-refractivity contribution is 5.89. The van der Waals surface area contributed by atoms with E-state index in [1.54, 1.807) is 11.2 Å². The SMILES string of the molecule is CC[C@H](Cc1ccccc1)N(CC)C(=O)[C@@H]1CC(=O)N(Cc2ccco2)C1. The Bertz CT molecular complexity index is 742. The molecule has 0 N–H and O–H groups in total. The Morgan fingerprint density at radius 2 is 2.00 bits per heavy atom. The Morgan fingerprint density at radius 1 is 1.22 bits per heavy atom. The molecule has 3 rings (SSSR count). The van der Waals surface area contributed by atoms with Gasteiger partial charge in [-0.1, -0.05) is 37.3 Å². The molecule has 0 aliphatic carbocycles. The Hall–Kier alpha value is -2.56. The average molecular weight is 368 g/mol. The van der Waals surface area contributed by atoms with Crippen LogP contribution in [0.2, 0.25) is 0 Å². The van der Waals surface area contributed by atoms with Crippen LogP contribution in [0, 0.1) is 5.92 Å². The summed E-state index contributed by atoms with van der Waals surface area (Å²) in [6.45, 7) is 5.70. The standard InChI is InChI=1S/C22H28N2O3/c1-3-19(13-17-9-6-5-7-10-17)24(4-2)22(26)18-14-21(25)23(15-18)16-20-11-8-12-27-20/h5-12,18-19H,3-4,13-16H2,1-2H3/t18-,19-/m1/s1. The molecule has 0 bridgehead atoms. The highest BCUT2D eigenvalue weighted by atomic mass is 16.3. The van der Waals surface area contributed by atoms with Crippen molar-refractivity contribution in [2.45, 2.75) is 45.7 Å². The fraction of sp³-hybridized carbons (Fsp3) is 0.455. The first-order valence-corrected chi connectivity index (χ1v) is 9.76. The molecule has 2 amide bonds. The molecule has 144 valence electrons. The van der Waals surface area contributed by atoms with Crippen LogP contribution in [0.5, 0.6) is 0 Å². The van der Waals surface area contributed by atoms with Crippen molar-refractivity contribution in [3.63, 3.8) is 0 Å². The van der Waals surface area contributed by atoms with E-state index in [1.807, 2.05) is 42.2 Å². The summed E-state index contributed by atoms with van der Waals surface area (Å²) in [4.78, 5) is 29.2. The minimum atomic E-state index is -0.266. The quantitative estimate of drug-likeness (QED) is 0.717. The lowest BCUT2D eigenvalue weighted by Gasteiger charge is -2.32. The number of hydrogen-bond donors (Lipinski definition) is 0. The summed E-state index contributed by atoms with van der Waals surface area (Å²) >= 11 is 0. The number of likely N-dealkylation sites (tertiary alicyclic amines) is 1. The van der Waals surface area contributed by atoms with Crippen LogP contribution in [-0.2, 0) is 22.6 Å². The smallest absolute Gasteiger partial charge is 0.228 e. The van der Waals surface area contributed by atoms with E-state index in [4.69, 9.17) is 4.42 Å². The molecule has 0 unspecified atom stereocenters. The highest BCUT2D eigenvalue weighted by Gasteiger charge is 2.37. The molecule has 1 aromatic carbocycles. The first-order valence-electron chi connectivity index (χ1n) is 9.76.